The van der Waals surface area contributed by atoms with E-state index in [1.54, 1.807) is 16.9 Å². The Hall–Kier alpha value is -2.43. The molecule has 5 nitrogen and oxygen atoms in total. The summed E-state index contributed by atoms with van der Waals surface area (Å²) in [5.74, 6) is 0.936. The van der Waals surface area contributed by atoms with Crippen LogP contribution in [0.5, 0.6) is 0 Å². The van der Waals surface area contributed by atoms with Gasteiger partial charge in [0.1, 0.15) is 5.82 Å². The highest BCUT2D eigenvalue weighted by atomic mass is 15.3. The molecule has 0 fully saturated rings. The lowest BCUT2D eigenvalue weighted by Gasteiger charge is -2.08. The van der Waals surface area contributed by atoms with Crippen molar-refractivity contribution in [3.05, 3.63) is 54.1 Å². The smallest absolute Gasteiger partial charge is 0.157 e. The van der Waals surface area contributed by atoms with E-state index in [9.17, 15) is 0 Å². The van der Waals surface area contributed by atoms with E-state index in [1.165, 1.54) is 0 Å². The maximum absolute atomic E-state index is 4.40. The molecule has 0 bridgehead atoms. The first-order valence-electron chi connectivity index (χ1n) is 5.77. The molecular formula is C13H13N5. The third-order valence-corrected chi connectivity index (χ3v) is 2.68. The molecule has 3 aromatic heterocycles. The number of hydrogen-bond donors (Lipinski definition) is 1. The SMILES string of the molecule is Cc1cc(NCc2cccnc2)n2nccc2n1. The lowest BCUT2D eigenvalue weighted by Crippen LogP contribution is -2.06. The molecule has 3 aromatic rings. The summed E-state index contributed by atoms with van der Waals surface area (Å²) >= 11 is 0. The Kier molecular flexibility index (Phi) is 2.64. The molecular weight excluding hydrogens is 226 g/mol. The summed E-state index contributed by atoms with van der Waals surface area (Å²) in [6.45, 7) is 2.69. The number of hydrogen-bond acceptors (Lipinski definition) is 4. The van der Waals surface area contributed by atoms with Crippen molar-refractivity contribution < 1.29 is 0 Å². The molecule has 0 saturated heterocycles. The van der Waals surface area contributed by atoms with E-state index in [0.29, 0.717) is 6.54 Å². The Morgan fingerprint density at radius 3 is 3.06 bits per heavy atom. The van der Waals surface area contributed by atoms with Gasteiger partial charge in [-0.2, -0.15) is 9.61 Å². The average Bonchev–Trinajstić information content (AvgIpc) is 2.85. The predicted octanol–water partition coefficient (Wildman–Crippen LogP) is 2.04. The first-order valence-corrected chi connectivity index (χ1v) is 5.77. The van der Waals surface area contributed by atoms with Crippen molar-refractivity contribution in [2.45, 2.75) is 13.5 Å². The molecule has 0 unspecified atom stereocenters. The van der Waals surface area contributed by atoms with Gasteiger partial charge in [-0.3, -0.25) is 4.98 Å². The zero-order chi connectivity index (χ0) is 12.4. The number of nitrogens with one attached hydrogen (secondary N) is 1. The fourth-order valence-corrected chi connectivity index (χ4v) is 1.86. The Labute approximate surface area is 105 Å². The molecule has 0 radical (unpaired) electrons. The van der Waals surface area contributed by atoms with Crippen LogP contribution < -0.4 is 5.32 Å². The molecule has 90 valence electrons. The summed E-state index contributed by atoms with van der Waals surface area (Å²) < 4.78 is 1.80. The van der Waals surface area contributed by atoms with Crippen LogP contribution in [0.15, 0.2) is 42.9 Å². The largest absolute Gasteiger partial charge is 0.366 e. The van der Waals surface area contributed by atoms with Gasteiger partial charge in [-0.25, -0.2) is 4.98 Å². The van der Waals surface area contributed by atoms with Gasteiger partial charge in [-0.15, -0.1) is 0 Å². The van der Waals surface area contributed by atoms with Crippen molar-refractivity contribution in [3.8, 4) is 0 Å². The second-order valence-electron chi connectivity index (χ2n) is 4.10. The monoisotopic (exact) mass is 239 g/mol. The summed E-state index contributed by atoms with van der Waals surface area (Å²) in [4.78, 5) is 8.49. The number of pyridine rings is 1. The average molecular weight is 239 g/mol. The first-order chi connectivity index (χ1) is 8.83. The van der Waals surface area contributed by atoms with Crippen molar-refractivity contribution in [1.82, 2.24) is 19.6 Å². The van der Waals surface area contributed by atoms with Crippen LogP contribution in [0.2, 0.25) is 0 Å². The van der Waals surface area contributed by atoms with Crippen molar-refractivity contribution in [1.29, 1.82) is 0 Å². The van der Waals surface area contributed by atoms with Gasteiger partial charge in [0, 0.05) is 36.8 Å². The Balaban J connectivity index is 1.88. The maximum atomic E-state index is 4.40. The highest BCUT2D eigenvalue weighted by molar-refractivity contribution is 5.49. The molecule has 0 saturated carbocycles. The highest BCUT2D eigenvalue weighted by Crippen LogP contribution is 2.12. The van der Waals surface area contributed by atoms with Crippen LogP contribution in [0.4, 0.5) is 5.82 Å². The fourth-order valence-electron chi connectivity index (χ4n) is 1.86. The lowest BCUT2D eigenvalue weighted by molar-refractivity contribution is 0.916. The summed E-state index contributed by atoms with van der Waals surface area (Å²) in [5.41, 5.74) is 2.95. The lowest BCUT2D eigenvalue weighted by atomic mass is 10.3. The summed E-state index contributed by atoms with van der Waals surface area (Å²) in [6.07, 6.45) is 5.37. The van der Waals surface area contributed by atoms with E-state index >= 15 is 0 Å². The van der Waals surface area contributed by atoms with E-state index < -0.39 is 0 Å². The van der Waals surface area contributed by atoms with E-state index in [-0.39, 0.29) is 0 Å². The zero-order valence-electron chi connectivity index (χ0n) is 10.0. The molecule has 0 spiro atoms. The van der Waals surface area contributed by atoms with Crippen LogP contribution in [-0.4, -0.2) is 19.6 Å². The molecule has 0 atom stereocenters. The summed E-state index contributed by atoms with van der Waals surface area (Å²) in [5, 5.41) is 7.60. The van der Waals surface area contributed by atoms with Gasteiger partial charge in [0.25, 0.3) is 0 Å². The quantitative estimate of drug-likeness (QED) is 0.760. The second kappa shape index (κ2) is 4.44. The van der Waals surface area contributed by atoms with Gasteiger partial charge >= 0.3 is 0 Å². The molecule has 0 amide bonds. The van der Waals surface area contributed by atoms with E-state index in [2.05, 4.69) is 20.4 Å². The van der Waals surface area contributed by atoms with Crippen molar-refractivity contribution in [2.75, 3.05) is 5.32 Å². The van der Waals surface area contributed by atoms with Crippen LogP contribution >= 0.6 is 0 Å². The molecule has 0 aromatic carbocycles. The van der Waals surface area contributed by atoms with E-state index in [0.717, 1.165) is 22.7 Å². The third-order valence-electron chi connectivity index (χ3n) is 2.68. The highest BCUT2D eigenvalue weighted by Gasteiger charge is 2.03. The van der Waals surface area contributed by atoms with Gasteiger partial charge in [0.15, 0.2) is 5.65 Å². The Morgan fingerprint density at radius 1 is 1.28 bits per heavy atom. The number of fused-ring (bicyclic) bond motifs is 1. The van der Waals surface area contributed by atoms with Gasteiger partial charge in [0.2, 0.25) is 0 Å². The van der Waals surface area contributed by atoms with E-state index in [1.807, 2.05) is 37.4 Å². The number of nitrogens with zero attached hydrogens (tertiary/aromatic N) is 4. The summed E-state index contributed by atoms with van der Waals surface area (Å²) in [7, 11) is 0. The number of aryl methyl sites for hydroxylation is 1. The van der Waals surface area contributed by atoms with Crippen molar-refractivity contribution in [3.63, 3.8) is 0 Å². The van der Waals surface area contributed by atoms with Crippen molar-refractivity contribution >= 4 is 11.5 Å². The van der Waals surface area contributed by atoms with Crippen LogP contribution in [0.25, 0.3) is 5.65 Å². The molecule has 0 aliphatic heterocycles. The summed E-state index contributed by atoms with van der Waals surface area (Å²) in [6, 6.07) is 7.84. The van der Waals surface area contributed by atoms with Gasteiger partial charge in [-0.1, -0.05) is 6.07 Å². The molecule has 0 aliphatic rings. The Morgan fingerprint density at radius 2 is 2.22 bits per heavy atom. The zero-order valence-corrected chi connectivity index (χ0v) is 10.0. The third kappa shape index (κ3) is 2.02. The molecule has 1 N–H and O–H groups in total. The van der Waals surface area contributed by atoms with Crippen LogP contribution in [0.3, 0.4) is 0 Å². The molecule has 18 heavy (non-hydrogen) atoms. The number of rotatable bonds is 3. The molecule has 3 rings (SSSR count). The van der Waals surface area contributed by atoms with Crippen molar-refractivity contribution in [2.24, 2.45) is 0 Å². The maximum Gasteiger partial charge on any atom is 0.157 e. The minimum absolute atomic E-state index is 0.715. The van der Waals surface area contributed by atoms with E-state index in [4.69, 9.17) is 0 Å². The molecule has 3 heterocycles. The van der Waals surface area contributed by atoms with Gasteiger partial charge < -0.3 is 5.32 Å². The molecule has 0 aliphatic carbocycles. The normalized spacial score (nSPS) is 10.7. The van der Waals surface area contributed by atoms with Gasteiger partial charge in [-0.05, 0) is 18.6 Å². The number of anilines is 1. The predicted molar refractivity (Wildman–Crippen MR) is 69.3 cm³/mol. The minimum Gasteiger partial charge on any atom is -0.366 e. The number of aromatic nitrogens is 4. The Bertz CT molecular complexity index is 659. The van der Waals surface area contributed by atoms with Crippen LogP contribution in [0, 0.1) is 6.92 Å². The minimum atomic E-state index is 0.715. The standard InChI is InChI=1S/C13H13N5/c1-10-7-13(18-12(17-10)4-6-16-18)15-9-11-3-2-5-14-8-11/h2-8,15H,9H2,1H3. The second-order valence-corrected chi connectivity index (χ2v) is 4.10. The van der Waals surface area contributed by atoms with Gasteiger partial charge in [0.05, 0.1) is 6.20 Å². The topological polar surface area (TPSA) is 55.1 Å². The van der Waals surface area contributed by atoms with Crippen LogP contribution in [-0.2, 0) is 6.54 Å². The first kappa shape index (κ1) is 10.7. The molecule has 5 heteroatoms. The van der Waals surface area contributed by atoms with Crippen LogP contribution in [0.1, 0.15) is 11.3 Å². The fraction of sp³-hybridized carbons (Fsp3) is 0.154.